The lowest BCUT2D eigenvalue weighted by molar-refractivity contribution is 0.0995. The van der Waals surface area contributed by atoms with Gasteiger partial charge in [-0.25, -0.2) is 4.98 Å². The fourth-order valence-corrected chi connectivity index (χ4v) is 3.41. The van der Waals surface area contributed by atoms with E-state index in [1.54, 1.807) is 30.5 Å². The van der Waals surface area contributed by atoms with Crippen LogP contribution in [0.5, 0.6) is 5.88 Å². The minimum absolute atomic E-state index is 0.244. The van der Waals surface area contributed by atoms with Gasteiger partial charge in [0.2, 0.25) is 11.8 Å². The molecule has 1 aromatic carbocycles. The number of primary amides is 1. The number of methoxy groups -OCH3 is 1. The molecule has 0 saturated carbocycles. The summed E-state index contributed by atoms with van der Waals surface area (Å²) >= 11 is 0. The molecular weight excluding hydrogens is 344 g/mol. The van der Waals surface area contributed by atoms with E-state index < -0.39 is 5.91 Å². The van der Waals surface area contributed by atoms with Gasteiger partial charge in [0.25, 0.3) is 5.91 Å². The molecule has 1 aliphatic rings. The van der Waals surface area contributed by atoms with Gasteiger partial charge in [0, 0.05) is 24.3 Å². The molecule has 0 radical (unpaired) electrons. The topological polar surface area (TPSA) is 97.5 Å². The number of piperidine rings is 1. The van der Waals surface area contributed by atoms with E-state index in [0.717, 1.165) is 25.1 Å². The average Bonchev–Trinajstić information content (AvgIpc) is 2.68. The lowest BCUT2D eigenvalue weighted by Crippen LogP contribution is -2.38. The molecule has 1 saturated heterocycles. The van der Waals surface area contributed by atoms with Gasteiger partial charge in [0.1, 0.15) is 5.56 Å². The Kier molecular flexibility index (Phi) is 5.59. The Labute approximate surface area is 158 Å². The second kappa shape index (κ2) is 8.07. The van der Waals surface area contributed by atoms with Gasteiger partial charge < -0.3 is 20.7 Å². The van der Waals surface area contributed by atoms with Gasteiger partial charge in [-0.2, -0.15) is 0 Å². The number of nitrogens with zero attached hydrogens (tertiary/aromatic N) is 2. The van der Waals surface area contributed by atoms with Crippen molar-refractivity contribution >= 4 is 23.2 Å². The third kappa shape index (κ3) is 4.02. The van der Waals surface area contributed by atoms with Crippen LogP contribution in [0.1, 0.15) is 46.9 Å². The second-order valence-corrected chi connectivity index (χ2v) is 6.65. The molecule has 142 valence electrons. The Morgan fingerprint density at radius 1 is 1.30 bits per heavy atom. The number of carbonyl (C=O) groups excluding carboxylic acids is 2. The second-order valence-electron chi connectivity index (χ2n) is 6.65. The Morgan fingerprint density at radius 3 is 2.81 bits per heavy atom. The van der Waals surface area contributed by atoms with Crippen LogP contribution in [0, 0.1) is 0 Å². The van der Waals surface area contributed by atoms with Crippen molar-refractivity contribution in [1.82, 2.24) is 4.98 Å². The van der Waals surface area contributed by atoms with E-state index in [-0.39, 0.29) is 11.8 Å². The van der Waals surface area contributed by atoms with Crippen molar-refractivity contribution in [2.45, 2.75) is 32.2 Å². The van der Waals surface area contributed by atoms with Crippen molar-refractivity contribution in [3.63, 3.8) is 0 Å². The number of nitrogens with two attached hydrogens (primary N) is 1. The minimum Gasteiger partial charge on any atom is -0.480 e. The monoisotopic (exact) mass is 368 g/mol. The molecule has 7 nitrogen and oxygen atoms in total. The van der Waals surface area contributed by atoms with Crippen LogP contribution >= 0.6 is 0 Å². The van der Waals surface area contributed by atoms with Crippen LogP contribution in [-0.2, 0) is 0 Å². The predicted octanol–water partition coefficient (Wildman–Crippen LogP) is 2.82. The molecule has 1 aromatic heterocycles. The summed E-state index contributed by atoms with van der Waals surface area (Å²) in [6.07, 6.45) is 4.92. The molecular formula is C20H24N4O3. The molecule has 0 spiro atoms. The van der Waals surface area contributed by atoms with E-state index in [0.29, 0.717) is 22.9 Å². The average molecular weight is 368 g/mol. The lowest BCUT2D eigenvalue weighted by atomic mass is 10.0. The zero-order valence-electron chi connectivity index (χ0n) is 15.6. The Bertz CT molecular complexity index is 853. The Balaban J connectivity index is 1.97. The van der Waals surface area contributed by atoms with E-state index in [9.17, 15) is 9.59 Å². The van der Waals surface area contributed by atoms with Crippen LogP contribution in [0.25, 0.3) is 0 Å². The molecule has 27 heavy (non-hydrogen) atoms. The van der Waals surface area contributed by atoms with Crippen molar-refractivity contribution in [3.8, 4) is 5.88 Å². The van der Waals surface area contributed by atoms with Gasteiger partial charge in [0.15, 0.2) is 0 Å². The Hall–Kier alpha value is -3.09. The standard InChI is InChI=1S/C20H24N4O3/c1-13-6-3-4-11-24(13)17-9-8-14(18(21)25)12-16(17)23-19(26)15-7-5-10-22-20(15)27-2/h5,7-10,12-13H,3-4,6,11H2,1-2H3,(H2,21,25)(H,23,26)/t13-/m1/s1. The predicted molar refractivity (Wildman–Crippen MR) is 104 cm³/mol. The molecule has 2 aromatic rings. The number of amides is 2. The third-order valence-corrected chi connectivity index (χ3v) is 4.85. The first kappa shape index (κ1) is 18.7. The summed E-state index contributed by atoms with van der Waals surface area (Å²) in [5, 5.41) is 2.91. The number of pyridine rings is 1. The summed E-state index contributed by atoms with van der Waals surface area (Å²) in [7, 11) is 1.47. The molecule has 0 aliphatic carbocycles. The maximum Gasteiger partial charge on any atom is 0.261 e. The minimum atomic E-state index is -0.539. The van der Waals surface area contributed by atoms with E-state index in [4.69, 9.17) is 10.5 Å². The third-order valence-electron chi connectivity index (χ3n) is 4.85. The van der Waals surface area contributed by atoms with Crippen molar-refractivity contribution < 1.29 is 14.3 Å². The fraction of sp³-hybridized carbons (Fsp3) is 0.350. The smallest absolute Gasteiger partial charge is 0.261 e. The van der Waals surface area contributed by atoms with Gasteiger partial charge >= 0.3 is 0 Å². The summed E-state index contributed by atoms with van der Waals surface area (Å²) in [4.78, 5) is 30.8. The number of hydrogen-bond acceptors (Lipinski definition) is 5. The summed E-state index contributed by atoms with van der Waals surface area (Å²) < 4.78 is 5.17. The molecule has 2 heterocycles. The maximum absolute atomic E-state index is 12.8. The lowest BCUT2D eigenvalue weighted by Gasteiger charge is -2.36. The van der Waals surface area contributed by atoms with E-state index >= 15 is 0 Å². The Morgan fingerprint density at radius 2 is 2.11 bits per heavy atom. The molecule has 3 rings (SSSR count). The quantitative estimate of drug-likeness (QED) is 0.846. The number of carbonyl (C=O) groups is 2. The molecule has 0 bridgehead atoms. The normalized spacial score (nSPS) is 16.7. The highest BCUT2D eigenvalue weighted by molar-refractivity contribution is 6.08. The van der Waals surface area contributed by atoms with E-state index in [2.05, 4.69) is 22.1 Å². The SMILES string of the molecule is COc1ncccc1C(=O)Nc1cc(C(N)=O)ccc1N1CCCC[C@H]1C. The van der Waals surface area contributed by atoms with Gasteiger partial charge in [-0.3, -0.25) is 9.59 Å². The molecule has 1 fully saturated rings. The van der Waals surface area contributed by atoms with Gasteiger partial charge in [-0.05, 0) is 56.5 Å². The van der Waals surface area contributed by atoms with Crippen LogP contribution < -0.4 is 20.7 Å². The molecule has 1 atom stereocenters. The number of hydrogen-bond donors (Lipinski definition) is 2. The van der Waals surface area contributed by atoms with Crippen LogP contribution in [0.15, 0.2) is 36.5 Å². The first-order valence-corrected chi connectivity index (χ1v) is 9.02. The largest absolute Gasteiger partial charge is 0.480 e. The molecule has 7 heteroatoms. The fourth-order valence-electron chi connectivity index (χ4n) is 3.41. The number of aromatic nitrogens is 1. The summed E-state index contributed by atoms with van der Waals surface area (Å²) in [5.41, 5.74) is 7.53. The maximum atomic E-state index is 12.8. The van der Waals surface area contributed by atoms with Crippen molar-refractivity contribution in [3.05, 3.63) is 47.7 Å². The zero-order chi connectivity index (χ0) is 19.4. The molecule has 3 N–H and O–H groups in total. The summed E-state index contributed by atoms with van der Waals surface area (Å²) in [6.45, 7) is 3.06. The first-order valence-electron chi connectivity index (χ1n) is 9.02. The number of benzene rings is 1. The number of rotatable bonds is 5. The van der Waals surface area contributed by atoms with E-state index in [1.165, 1.54) is 13.5 Å². The summed E-state index contributed by atoms with van der Waals surface area (Å²) in [5.74, 6) is -0.649. The highest BCUT2D eigenvalue weighted by Crippen LogP contribution is 2.33. The molecule has 0 unspecified atom stereocenters. The number of ether oxygens (including phenoxy) is 1. The van der Waals surface area contributed by atoms with Gasteiger partial charge in [0.05, 0.1) is 18.5 Å². The zero-order valence-corrected chi connectivity index (χ0v) is 15.6. The van der Waals surface area contributed by atoms with Gasteiger partial charge in [-0.15, -0.1) is 0 Å². The highest BCUT2D eigenvalue weighted by Gasteiger charge is 2.23. The van der Waals surface area contributed by atoms with Crippen LogP contribution in [0.4, 0.5) is 11.4 Å². The van der Waals surface area contributed by atoms with Crippen LogP contribution in [-0.4, -0.2) is 36.5 Å². The number of nitrogens with one attached hydrogen (secondary N) is 1. The molecule has 1 aliphatic heterocycles. The first-order chi connectivity index (χ1) is 13.0. The van der Waals surface area contributed by atoms with Crippen molar-refractivity contribution in [2.24, 2.45) is 5.73 Å². The van der Waals surface area contributed by atoms with Crippen LogP contribution in [0.3, 0.4) is 0 Å². The summed E-state index contributed by atoms with van der Waals surface area (Å²) in [6, 6.07) is 8.83. The highest BCUT2D eigenvalue weighted by atomic mass is 16.5. The van der Waals surface area contributed by atoms with Crippen LogP contribution in [0.2, 0.25) is 0 Å². The number of anilines is 2. The van der Waals surface area contributed by atoms with E-state index in [1.807, 2.05) is 6.07 Å². The molecule has 2 amide bonds. The van der Waals surface area contributed by atoms with Crippen molar-refractivity contribution in [2.75, 3.05) is 23.9 Å². The van der Waals surface area contributed by atoms with Gasteiger partial charge in [-0.1, -0.05) is 0 Å². The van der Waals surface area contributed by atoms with Crippen molar-refractivity contribution in [1.29, 1.82) is 0 Å².